The van der Waals surface area contributed by atoms with Gasteiger partial charge in [-0.1, -0.05) is 0 Å². The van der Waals surface area contributed by atoms with Crippen molar-refractivity contribution in [2.75, 3.05) is 7.11 Å². The average Bonchev–Trinajstić information content (AvgIpc) is 3.11. The number of hydrogen-bond donors (Lipinski definition) is 0. The summed E-state index contributed by atoms with van der Waals surface area (Å²) in [4.78, 5) is 43.6. The number of pyridine rings is 1. The number of esters is 1. The number of nitro benzene ring substituents is 1. The number of aromatic nitrogens is 4. The van der Waals surface area contributed by atoms with Gasteiger partial charge in [0.05, 0.1) is 41.5 Å². The molecule has 4 aromatic rings. The van der Waals surface area contributed by atoms with Crippen molar-refractivity contribution >= 4 is 28.2 Å². The molecule has 0 aliphatic carbocycles. The van der Waals surface area contributed by atoms with Crippen LogP contribution in [0.5, 0.6) is 0 Å². The van der Waals surface area contributed by atoms with Gasteiger partial charge in [0, 0.05) is 24.5 Å². The van der Waals surface area contributed by atoms with Crippen LogP contribution in [0.1, 0.15) is 16.1 Å². The molecule has 0 fully saturated rings. The normalized spacial score (nSPS) is 11.0. The Hall–Kier alpha value is -4.08. The van der Waals surface area contributed by atoms with Crippen LogP contribution in [-0.2, 0) is 11.3 Å². The number of hydrogen-bond acceptors (Lipinski definition) is 7. The first kappa shape index (κ1) is 17.3. The number of rotatable bonds is 4. The van der Waals surface area contributed by atoms with E-state index in [-0.39, 0.29) is 17.6 Å². The average molecular weight is 379 g/mol. The minimum absolute atomic E-state index is 0.0900. The highest BCUT2D eigenvalue weighted by atomic mass is 16.6. The number of imidazole rings is 1. The summed E-state index contributed by atoms with van der Waals surface area (Å²) in [6.07, 6.45) is 4.77. The van der Waals surface area contributed by atoms with E-state index in [9.17, 15) is 19.7 Å². The van der Waals surface area contributed by atoms with Crippen molar-refractivity contribution in [1.82, 2.24) is 18.9 Å². The second-order valence-corrected chi connectivity index (χ2v) is 6.01. The summed E-state index contributed by atoms with van der Waals surface area (Å²) in [7, 11) is 1.29. The molecule has 0 bridgehead atoms. The molecular weight excluding hydrogens is 366 g/mol. The van der Waals surface area contributed by atoms with E-state index in [1.165, 1.54) is 36.2 Å². The zero-order valence-electron chi connectivity index (χ0n) is 14.6. The lowest BCUT2D eigenvalue weighted by Gasteiger charge is -2.04. The van der Waals surface area contributed by atoms with Crippen LogP contribution < -0.4 is 5.56 Å². The summed E-state index contributed by atoms with van der Waals surface area (Å²) < 4.78 is 7.73. The van der Waals surface area contributed by atoms with E-state index in [0.29, 0.717) is 22.4 Å². The third kappa shape index (κ3) is 2.86. The van der Waals surface area contributed by atoms with E-state index in [0.717, 1.165) is 0 Å². The highest BCUT2D eigenvalue weighted by Gasteiger charge is 2.15. The monoisotopic (exact) mass is 379 g/mol. The molecule has 10 heteroatoms. The van der Waals surface area contributed by atoms with E-state index >= 15 is 0 Å². The van der Waals surface area contributed by atoms with Crippen molar-refractivity contribution in [3.05, 3.63) is 80.8 Å². The molecule has 0 N–H and O–H groups in total. The Morgan fingerprint density at radius 3 is 2.89 bits per heavy atom. The zero-order valence-corrected chi connectivity index (χ0v) is 14.6. The van der Waals surface area contributed by atoms with Crippen LogP contribution in [0.15, 0.2) is 53.8 Å². The summed E-state index contributed by atoms with van der Waals surface area (Å²) in [6.45, 7) is 0.0900. The molecule has 3 aromatic heterocycles. The van der Waals surface area contributed by atoms with Crippen LogP contribution in [0.25, 0.3) is 16.6 Å². The topological polar surface area (TPSA) is 122 Å². The molecule has 0 aliphatic heterocycles. The molecule has 0 radical (unpaired) electrons. The van der Waals surface area contributed by atoms with Crippen molar-refractivity contribution < 1.29 is 14.5 Å². The lowest BCUT2D eigenvalue weighted by molar-refractivity contribution is -0.384. The molecule has 0 amide bonds. The number of nitrogens with zero attached hydrogens (tertiary/aromatic N) is 5. The first-order chi connectivity index (χ1) is 13.5. The van der Waals surface area contributed by atoms with Gasteiger partial charge in [0.1, 0.15) is 5.56 Å². The van der Waals surface area contributed by atoms with Gasteiger partial charge in [-0.15, -0.1) is 0 Å². The summed E-state index contributed by atoms with van der Waals surface area (Å²) in [5.41, 5.74) is 0.996. The molecule has 10 nitrogen and oxygen atoms in total. The number of fused-ring (bicyclic) bond motifs is 2. The predicted octanol–water partition coefficient (Wildman–Crippen LogP) is 1.79. The first-order valence-electron chi connectivity index (χ1n) is 8.16. The van der Waals surface area contributed by atoms with Crippen LogP contribution in [0.3, 0.4) is 0 Å². The van der Waals surface area contributed by atoms with Gasteiger partial charge in [-0.3, -0.25) is 19.5 Å². The number of benzene rings is 1. The van der Waals surface area contributed by atoms with Crippen LogP contribution in [0.2, 0.25) is 0 Å². The van der Waals surface area contributed by atoms with Crippen molar-refractivity contribution in [3.8, 4) is 0 Å². The fourth-order valence-corrected chi connectivity index (χ4v) is 2.96. The molecule has 4 rings (SSSR count). The van der Waals surface area contributed by atoms with E-state index in [4.69, 9.17) is 4.74 Å². The molecule has 28 heavy (non-hydrogen) atoms. The number of ether oxygens (including phenoxy) is 1. The summed E-state index contributed by atoms with van der Waals surface area (Å²) in [6, 6.07) is 7.23. The number of non-ortho nitro benzene ring substituents is 1. The number of carbonyl (C=O) groups is 1. The van der Waals surface area contributed by atoms with Crippen molar-refractivity contribution in [3.63, 3.8) is 0 Å². The fourth-order valence-electron chi connectivity index (χ4n) is 2.96. The molecule has 0 spiro atoms. The van der Waals surface area contributed by atoms with Gasteiger partial charge in [-0.2, -0.15) is 0 Å². The second-order valence-electron chi connectivity index (χ2n) is 6.01. The van der Waals surface area contributed by atoms with Crippen molar-refractivity contribution in [2.45, 2.75) is 6.54 Å². The Bertz CT molecular complexity index is 1310. The highest BCUT2D eigenvalue weighted by molar-refractivity contribution is 5.95. The minimum atomic E-state index is -0.563. The lowest BCUT2D eigenvalue weighted by Crippen LogP contribution is -2.21. The van der Waals surface area contributed by atoms with Gasteiger partial charge in [0.2, 0.25) is 0 Å². The van der Waals surface area contributed by atoms with Gasteiger partial charge in [-0.05, 0) is 18.2 Å². The predicted molar refractivity (Wildman–Crippen MR) is 98.3 cm³/mol. The molecule has 0 atom stereocenters. The Labute approximate surface area is 156 Å². The third-order valence-electron chi connectivity index (χ3n) is 4.29. The number of nitro groups is 1. The smallest absolute Gasteiger partial charge is 0.341 e. The Kier molecular flexibility index (Phi) is 4.07. The molecule has 1 aromatic carbocycles. The van der Waals surface area contributed by atoms with Crippen LogP contribution in [0, 0.1) is 10.1 Å². The summed E-state index contributed by atoms with van der Waals surface area (Å²) >= 11 is 0. The third-order valence-corrected chi connectivity index (χ3v) is 4.29. The second kappa shape index (κ2) is 6.58. The van der Waals surface area contributed by atoms with Crippen LogP contribution in [0.4, 0.5) is 5.69 Å². The Balaban J connectivity index is 1.78. The standard InChI is InChI=1S/C18H13N5O5/c1-28-18(25)13-3-2-6-21-8-11(20-16(13)21)9-22-10-19-15-5-4-12(23(26)27)7-14(15)17(22)24/h2-8,10H,9H2,1H3. The van der Waals surface area contributed by atoms with E-state index < -0.39 is 16.5 Å². The van der Waals surface area contributed by atoms with Crippen LogP contribution >= 0.6 is 0 Å². The van der Waals surface area contributed by atoms with Gasteiger partial charge < -0.3 is 9.14 Å². The maximum absolute atomic E-state index is 12.7. The van der Waals surface area contributed by atoms with Gasteiger partial charge in [-0.25, -0.2) is 14.8 Å². The molecule has 0 aliphatic rings. The molecular formula is C18H13N5O5. The van der Waals surface area contributed by atoms with E-state index in [1.54, 1.807) is 28.9 Å². The SMILES string of the molecule is COC(=O)c1cccn2cc(Cn3cnc4ccc([N+](=O)[O-])cc4c3=O)nc12. The molecule has 0 saturated heterocycles. The maximum atomic E-state index is 12.7. The van der Waals surface area contributed by atoms with E-state index in [1.807, 2.05) is 0 Å². The molecule has 3 heterocycles. The molecule has 140 valence electrons. The minimum Gasteiger partial charge on any atom is -0.465 e. The van der Waals surface area contributed by atoms with Gasteiger partial charge in [0.25, 0.3) is 11.2 Å². The Morgan fingerprint density at radius 2 is 2.14 bits per heavy atom. The fraction of sp³-hybridized carbons (Fsp3) is 0.111. The quantitative estimate of drug-likeness (QED) is 0.301. The maximum Gasteiger partial charge on any atom is 0.341 e. The molecule has 0 saturated carbocycles. The van der Waals surface area contributed by atoms with Crippen molar-refractivity contribution in [2.24, 2.45) is 0 Å². The highest BCUT2D eigenvalue weighted by Crippen LogP contribution is 2.17. The molecule has 0 unspecified atom stereocenters. The summed E-state index contributed by atoms with van der Waals surface area (Å²) in [5, 5.41) is 11.1. The van der Waals surface area contributed by atoms with E-state index in [2.05, 4.69) is 9.97 Å². The number of methoxy groups -OCH3 is 1. The first-order valence-corrected chi connectivity index (χ1v) is 8.16. The lowest BCUT2D eigenvalue weighted by atomic mass is 10.2. The zero-order chi connectivity index (χ0) is 19.8. The summed E-state index contributed by atoms with van der Waals surface area (Å²) in [5.74, 6) is -0.514. The largest absolute Gasteiger partial charge is 0.465 e. The van der Waals surface area contributed by atoms with Crippen LogP contribution in [-0.4, -0.2) is 36.9 Å². The van der Waals surface area contributed by atoms with Crippen molar-refractivity contribution in [1.29, 1.82) is 0 Å². The number of carbonyl (C=O) groups excluding carboxylic acids is 1. The van der Waals surface area contributed by atoms with Gasteiger partial charge >= 0.3 is 5.97 Å². The Morgan fingerprint density at radius 1 is 1.32 bits per heavy atom. The van der Waals surface area contributed by atoms with Gasteiger partial charge in [0.15, 0.2) is 5.65 Å².